The predicted octanol–water partition coefficient (Wildman–Crippen LogP) is 1.82. The van der Waals surface area contributed by atoms with Crippen LogP contribution in [0.2, 0.25) is 0 Å². The number of aliphatic hydroxyl groups is 1. The number of hydrogen-bond acceptors (Lipinski definition) is 5. The van der Waals surface area contributed by atoms with E-state index in [2.05, 4.69) is 34.4 Å². The van der Waals surface area contributed by atoms with E-state index in [1.807, 2.05) is 7.05 Å². The van der Waals surface area contributed by atoms with Crippen molar-refractivity contribution in [1.29, 1.82) is 0 Å². The highest BCUT2D eigenvalue weighted by molar-refractivity contribution is 5.58. The van der Waals surface area contributed by atoms with Crippen LogP contribution in [0.25, 0.3) is 0 Å². The topological polar surface area (TPSA) is 70.1 Å². The molecule has 1 rings (SSSR count). The van der Waals surface area contributed by atoms with E-state index < -0.39 is 5.60 Å². The second-order valence-corrected chi connectivity index (χ2v) is 5.06. The Morgan fingerprint density at radius 3 is 2.35 bits per heavy atom. The fourth-order valence-electron chi connectivity index (χ4n) is 1.58. The molecule has 0 bridgehead atoms. The summed E-state index contributed by atoms with van der Waals surface area (Å²) in [6, 6.07) is 0. The van der Waals surface area contributed by atoms with Crippen molar-refractivity contribution in [2.45, 2.75) is 39.2 Å². The Morgan fingerprint density at radius 1 is 1.29 bits per heavy atom. The van der Waals surface area contributed by atoms with Gasteiger partial charge >= 0.3 is 0 Å². The van der Waals surface area contributed by atoms with Crippen molar-refractivity contribution in [1.82, 2.24) is 9.97 Å². The smallest absolute Gasteiger partial charge is 0.135 e. The minimum absolute atomic E-state index is 0.308. The summed E-state index contributed by atoms with van der Waals surface area (Å²) in [5.74, 6) is 1.91. The molecule has 0 amide bonds. The normalized spacial score (nSPS) is 11.7. The molecule has 5 nitrogen and oxygen atoms in total. The summed E-state index contributed by atoms with van der Waals surface area (Å²) >= 11 is 0. The number of rotatable bonds is 5. The Balaban J connectivity index is 2.98. The molecule has 17 heavy (non-hydrogen) atoms. The molecule has 0 fully saturated rings. The van der Waals surface area contributed by atoms with Crippen LogP contribution in [-0.4, -0.2) is 34.3 Å². The van der Waals surface area contributed by atoms with Gasteiger partial charge < -0.3 is 15.7 Å². The minimum atomic E-state index is -0.765. The summed E-state index contributed by atoms with van der Waals surface area (Å²) < 4.78 is 0. The predicted molar refractivity (Wildman–Crippen MR) is 70.5 cm³/mol. The first kappa shape index (κ1) is 13.7. The summed E-state index contributed by atoms with van der Waals surface area (Å²) in [5.41, 5.74) is 0.276. The van der Waals surface area contributed by atoms with Gasteiger partial charge in [-0.05, 0) is 19.8 Å². The Morgan fingerprint density at radius 2 is 1.88 bits per heavy atom. The van der Waals surface area contributed by atoms with E-state index >= 15 is 0 Å². The molecule has 1 aromatic rings. The average molecular weight is 238 g/mol. The van der Waals surface area contributed by atoms with E-state index in [0.717, 1.165) is 17.2 Å². The zero-order valence-corrected chi connectivity index (χ0v) is 11.2. The summed E-state index contributed by atoms with van der Waals surface area (Å²) in [6.07, 6.45) is 1.52. The molecule has 1 heterocycles. The molecule has 0 spiro atoms. The van der Waals surface area contributed by atoms with Crippen LogP contribution < -0.4 is 10.6 Å². The molecule has 3 N–H and O–H groups in total. The number of anilines is 2. The molecular formula is C12H22N4O. The quantitative estimate of drug-likeness (QED) is 0.730. The summed E-state index contributed by atoms with van der Waals surface area (Å²) in [5, 5.41) is 15.9. The standard InChI is InChI=1S/C12H22N4O/c1-8(2)9-10(13-5)15-7-16-11(9)14-6-12(3,4)17/h7-8,17H,6H2,1-5H3,(H2,13,14,15,16). The van der Waals surface area contributed by atoms with Gasteiger partial charge in [0.05, 0.1) is 5.60 Å². The van der Waals surface area contributed by atoms with E-state index in [9.17, 15) is 5.11 Å². The van der Waals surface area contributed by atoms with Gasteiger partial charge in [-0.25, -0.2) is 9.97 Å². The molecule has 0 saturated carbocycles. The van der Waals surface area contributed by atoms with Crippen molar-refractivity contribution in [3.05, 3.63) is 11.9 Å². The molecule has 1 aromatic heterocycles. The maximum atomic E-state index is 9.71. The van der Waals surface area contributed by atoms with Crippen LogP contribution in [0.4, 0.5) is 11.6 Å². The van der Waals surface area contributed by atoms with Gasteiger partial charge in [-0.3, -0.25) is 0 Å². The SMILES string of the molecule is CNc1ncnc(NCC(C)(C)O)c1C(C)C. The molecule has 5 heteroatoms. The van der Waals surface area contributed by atoms with Crippen LogP contribution in [-0.2, 0) is 0 Å². The number of aromatic nitrogens is 2. The maximum Gasteiger partial charge on any atom is 0.135 e. The van der Waals surface area contributed by atoms with Gasteiger partial charge in [0.25, 0.3) is 0 Å². The third-order valence-corrected chi connectivity index (χ3v) is 2.39. The lowest BCUT2D eigenvalue weighted by molar-refractivity contribution is 0.0944. The van der Waals surface area contributed by atoms with Crippen LogP contribution in [0.1, 0.15) is 39.2 Å². The van der Waals surface area contributed by atoms with E-state index in [0.29, 0.717) is 12.5 Å². The zero-order valence-electron chi connectivity index (χ0n) is 11.2. The van der Waals surface area contributed by atoms with Crippen molar-refractivity contribution in [3.8, 4) is 0 Å². The Hall–Kier alpha value is -1.36. The molecule has 0 aromatic carbocycles. The fourth-order valence-corrected chi connectivity index (χ4v) is 1.58. The number of nitrogens with zero attached hydrogens (tertiary/aromatic N) is 2. The van der Waals surface area contributed by atoms with Gasteiger partial charge in [0.2, 0.25) is 0 Å². The van der Waals surface area contributed by atoms with Crippen molar-refractivity contribution < 1.29 is 5.11 Å². The van der Waals surface area contributed by atoms with E-state index in [-0.39, 0.29) is 0 Å². The highest BCUT2D eigenvalue weighted by atomic mass is 16.3. The third-order valence-electron chi connectivity index (χ3n) is 2.39. The first-order chi connectivity index (χ1) is 7.85. The number of nitrogens with one attached hydrogen (secondary N) is 2. The second-order valence-electron chi connectivity index (χ2n) is 5.06. The molecule has 0 radical (unpaired) electrons. The monoisotopic (exact) mass is 238 g/mol. The second kappa shape index (κ2) is 5.31. The van der Waals surface area contributed by atoms with Crippen molar-refractivity contribution in [2.75, 3.05) is 24.2 Å². The third kappa shape index (κ3) is 3.85. The minimum Gasteiger partial charge on any atom is -0.389 e. The van der Waals surface area contributed by atoms with Crippen LogP contribution in [0.3, 0.4) is 0 Å². The molecule has 0 aliphatic heterocycles. The van der Waals surface area contributed by atoms with E-state index in [4.69, 9.17) is 0 Å². The fraction of sp³-hybridized carbons (Fsp3) is 0.667. The largest absolute Gasteiger partial charge is 0.389 e. The average Bonchev–Trinajstić information content (AvgIpc) is 2.24. The van der Waals surface area contributed by atoms with Gasteiger partial charge in [-0.2, -0.15) is 0 Å². The van der Waals surface area contributed by atoms with Crippen molar-refractivity contribution >= 4 is 11.6 Å². The number of hydrogen-bond donors (Lipinski definition) is 3. The lowest BCUT2D eigenvalue weighted by Gasteiger charge is -2.21. The lowest BCUT2D eigenvalue weighted by Crippen LogP contribution is -2.30. The molecule has 96 valence electrons. The van der Waals surface area contributed by atoms with Gasteiger partial charge in [-0.15, -0.1) is 0 Å². The highest BCUT2D eigenvalue weighted by Crippen LogP contribution is 2.28. The summed E-state index contributed by atoms with van der Waals surface area (Å²) in [7, 11) is 1.84. The van der Waals surface area contributed by atoms with Gasteiger partial charge in [0.1, 0.15) is 18.0 Å². The van der Waals surface area contributed by atoms with Crippen LogP contribution >= 0.6 is 0 Å². The van der Waals surface area contributed by atoms with E-state index in [1.165, 1.54) is 6.33 Å². The summed E-state index contributed by atoms with van der Waals surface area (Å²) in [6.45, 7) is 8.15. The Kier molecular flexibility index (Phi) is 4.28. The first-order valence-electron chi connectivity index (χ1n) is 5.84. The molecule has 0 unspecified atom stereocenters. The van der Waals surface area contributed by atoms with Gasteiger partial charge in [-0.1, -0.05) is 13.8 Å². The van der Waals surface area contributed by atoms with Gasteiger partial charge in [0, 0.05) is 19.2 Å². The Labute approximate surface area is 103 Å². The molecule has 0 saturated heterocycles. The van der Waals surface area contributed by atoms with Crippen LogP contribution in [0.15, 0.2) is 6.33 Å². The zero-order chi connectivity index (χ0) is 13.1. The molecule has 0 aliphatic carbocycles. The van der Waals surface area contributed by atoms with Gasteiger partial charge in [0.15, 0.2) is 0 Å². The van der Waals surface area contributed by atoms with Crippen LogP contribution in [0, 0.1) is 0 Å². The van der Waals surface area contributed by atoms with Crippen molar-refractivity contribution in [3.63, 3.8) is 0 Å². The summed E-state index contributed by atoms with van der Waals surface area (Å²) in [4.78, 5) is 8.44. The van der Waals surface area contributed by atoms with Crippen molar-refractivity contribution in [2.24, 2.45) is 0 Å². The highest BCUT2D eigenvalue weighted by Gasteiger charge is 2.17. The lowest BCUT2D eigenvalue weighted by atomic mass is 10.0. The molecule has 0 aliphatic rings. The first-order valence-corrected chi connectivity index (χ1v) is 5.84. The van der Waals surface area contributed by atoms with E-state index in [1.54, 1.807) is 13.8 Å². The van der Waals surface area contributed by atoms with Crippen LogP contribution in [0.5, 0.6) is 0 Å². The Bertz CT molecular complexity index is 371. The molecular weight excluding hydrogens is 216 g/mol. The maximum absolute atomic E-state index is 9.71. The molecule has 0 atom stereocenters.